The fraction of sp³-hybridized carbons (Fsp3) is 0.250. The standard InChI is InChI=1S/C20H21FN4O4S/c1-11-6-8-16(10-17(11)21)23-20(26)13(3)25-30(27,28)18-9-15(7-5-12(18)2)19-22-14(4)29-24-19/h5-10,13,25H,1-4H3,(H,23,26)/t13-/m1/s1. The fourth-order valence-corrected chi connectivity index (χ4v) is 4.19. The number of sulfonamides is 1. The zero-order valence-electron chi connectivity index (χ0n) is 16.9. The number of halogens is 1. The molecule has 0 saturated carbocycles. The summed E-state index contributed by atoms with van der Waals surface area (Å²) in [5.41, 5.74) is 1.62. The minimum atomic E-state index is -4.04. The summed E-state index contributed by atoms with van der Waals surface area (Å²) in [6.07, 6.45) is 0. The van der Waals surface area contributed by atoms with E-state index in [-0.39, 0.29) is 16.4 Å². The van der Waals surface area contributed by atoms with Crippen LogP contribution < -0.4 is 10.0 Å². The van der Waals surface area contributed by atoms with E-state index in [1.165, 1.54) is 31.2 Å². The van der Waals surface area contributed by atoms with Crippen molar-refractivity contribution in [3.05, 3.63) is 59.2 Å². The zero-order chi connectivity index (χ0) is 22.1. The quantitative estimate of drug-likeness (QED) is 0.619. The maximum atomic E-state index is 13.7. The van der Waals surface area contributed by atoms with Crippen LogP contribution in [-0.4, -0.2) is 30.5 Å². The number of amides is 1. The second kappa shape index (κ2) is 8.33. The second-order valence-electron chi connectivity index (χ2n) is 6.91. The van der Waals surface area contributed by atoms with Crippen LogP contribution in [0.1, 0.15) is 23.9 Å². The van der Waals surface area contributed by atoms with E-state index in [2.05, 4.69) is 20.2 Å². The first kappa shape index (κ1) is 21.6. The first-order chi connectivity index (χ1) is 14.1. The molecule has 0 radical (unpaired) electrons. The number of hydrogen-bond acceptors (Lipinski definition) is 6. The Hall–Kier alpha value is -3.11. The predicted molar refractivity (Wildman–Crippen MR) is 109 cm³/mol. The van der Waals surface area contributed by atoms with Gasteiger partial charge in [-0.05, 0) is 50.1 Å². The van der Waals surface area contributed by atoms with Gasteiger partial charge in [-0.25, -0.2) is 12.8 Å². The smallest absolute Gasteiger partial charge is 0.242 e. The lowest BCUT2D eigenvalue weighted by atomic mass is 10.1. The lowest BCUT2D eigenvalue weighted by Crippen LogP contribution is -2.41. The third-order valence-corrected chi connectivity index (χ3v) is 6.11. The zero-order valence-corrected chi connectivity index (χ0v) is 17.7. The minimum Gasteiger partial charge on any atom is -0.339 e. The summed E-state index contributed by atoms with van der Waals surface area (Å²) in [6.45, 7) is 6.27. The number of nitrogens with one attached hydrogen (secondary N) is 2. The molecule has 1 heterocycles. The van der Waals surface area contributed by atoms with Crippen molar-refractivity contribution in [3.8, 4) is 11.4 Å². The number of benzene rings is 2. The van der Waals surface area contributed by atoms with Gasteiger partial charge in [0.15, 0.2) is 0 Å². The molecule has 1 aromatic heterocycles. The van der Waals surface area contributed by atoms with Gasteiger partial charge < -0.3 is 9.84 Å². The van der Waals surface area contributed by atoms with E-state index in [0.717, 1.165) is 0 Å². The molecule has 0 fully saturated rings. The van der Waals surface area contributed by atoms with Gasteiger partial charge in [-0.2, -0.15) is 9.71 Å². The summed E-state index contributed by atoms with van der Waals surface area (Å²) in [6, 6.07) is 7.86. The molecule has 10 heteroatoms. The van der Waals surface area contributed by atoms with Crippen molar-refractivity contribution >= 4 is 21.6 Å². The van der Waals surface area contributed by atoms with Gasteiger partial charge in [0.2, 0.25) is 27.6 Å². The van der Waals surface area contributed by atoms with E-state index < -0.39 is 27.8 Å². The second-order valence-corrected chi connectivity index (χ2v) is 8.60. The SMILES string of the molecule is Cc1nc(-c2ccc(C)c(S(=O)(=O)N[C@H](C)C(=O)Nc3ccc(C)c(F)c3)c2)no1. The van der Waals surface area contributed by atoms with Crippen molar-refractivity contribution in [2.75, 3.05) is 5.32 Å². The average Bonchev–Trinajstić information content (AvgIpc) is 3.11. The molecule has 1 atom stereocenters. The Morgan fingerprint density at radius 2 is 1.80 bits per heavy atom. The van der Waals surface area contributed by atoms with Gasteiger partial charge in [-0.3, -0.25) is 4.79 Å². The average molecular weight is 432 g/mol. The molecule has 0 unspecified atom stereocenters. The van der Waals surface area contributed by atoms with Crippen LogP contribution in [0.15, 0.2) is 45.8 Å². The number of hydrogen-bond donors (Lipinski definition) is 2. The van der Waals surface area contributed by atoms with Gasteiger partial charge in [0.05, 0.1) is 10.9 Å². The normalized spacial score (nSPS) is 12.6. The molecule has 3 rings (SSSR count). The minimum absolute atomic E-state index is 0.0107. The molecule has 0 bridgehead atoms. The van der Waals surface area contributed by atoms with E-state index in [9.17, 15) is 17.6 Å². The third-order valence-electron chi connectivity index (χ3n) is 4.43. The molecular formula is C20H21FN4O4S. The highest BCUT2D eigenvalue weighted by Gasteiger charge is 2.24. The number of nitrogens with zero attached hydrogens (tertiary/aromatic N) is 2. The first-order valence-corrected chi connectivity index (χ1v) is 10.6. The van der Waals surface area contributed by atoms with E-state index >= 15 is 0 Å². The molecule has 0 aliphatic rings. The van der Waals surface area contributed by atoms with E-state index in [1.807, 2.05) is 0 Å². The largest absolute Gasteiger partial charge is 0.339 e. The van der Waals surface area contributed by atoms with Crippen LogP contribution in [0.2, 0.25) is 0 Å². The van der Waals surface area contributed by atoms with Crippen molar-refractivity contribution in [2.45, 2.75) is 38.6 Å². The van der Waals surface area contributed by atoms with E-state index in [1.54, 1.807) is 32.9 Å². The van der Waals surface area contributed by atoms with E-state index in [0.29, 0.717) is 22.6 Å². The Bertz CT molecular complexity index is 1210. The Morgan fingerprint density at radius 1 is 1.10 bits per heavy atom. The number of carbonyl (C=O) groups is 1. The highest BCUT2D eigenvalue weighted by Crippen LogP contribution is 2.23. The first-order valence-electron chi connectivity index (χ1n) is 9.07. The van der Waals surface area contributed by atoms with Gasteiger partial charge in [-0.15, -0.1) is 0 Å². The van der Waals surface area contributed by atoms with Gasteiger partial charge >= 0.3 is 0 Å². The highest BCUT2D eigenvalue weighted by atomic mass is 32.2. The number of rotatable bonds is 6. The van der Waals surface area contributed by atoms with Crippen LogP contribution in [0.4, 0.5) is 10.1 Å². The molecule has 8 nitrogen and oxygen atoms in total. The summed E-state index contributed by atoms with van der Waals surface area (Å²) < 4.78 is 46.7. The molecule has 0 spiro atoms. The van der Waals surface area contributed by atoms with Gasteiger partial charge in [0, 0.05) is 18.2 Å². The van der Waals surface area contributed by atoms with Crippen molar-refractivity contribution < 1.29 is 22.1 Å². The molecule has 0 saturated heterocycles. The maximum Gasteiger partial charge on any atom is 0.242 e. The summed E-state index contributed by atoms with van der Waals surface area (Å²) in [5.74, 6) is -0.475. The summed E-state index contributed by atoms with van der Waals surface area (Å²) >= 11 is 0. The van der Waals surface area contributed by atoms with Gasteiger partial charge in [-0.1, -0.05) is 23.4 Å². The van der Waals surface area contributed by atoms with Crippen LogP contribution in [-0.2, 0) is 14.8 Å². The number of aryl methyl sites for hydroxylation is 3. The summed E-state index contributed by atoms with van der Waals surface area (Å²) in [7, 11) is -4.04. The lowest BCUT2D eigenvalue weighted by Gasteiger charge is -2.16. The van der Waals surface area contributed by atoms with Crippen LogP contribution in [0.25, 0.3) is 11.4 Å². The molecule has 30 heavy (non-hydrogen) atoms. The van der Waals surface area contributed by atoms with Crippen molar-refractivity contribution in [1.82, 2.24) is 14.9 Å². The van der Waals surface area contributed by atoms with Crippen LogP contribution in [0.3, 0.4) is 0 Å². The Morgan fingerprint density at radius 3 is 2.43 bits per heavy atom. The highest BCUT2D eigenvalue weighted by molar-refractivity contribution is 7.89. The van der Waals surface area contributed by atoms with Crippen molar-refractivity contribution in [2.24, 2.45) is 0 Å². The van der Waals surface area contributed by atoms with Gasteiger partial charge in [0.1, 0.15) is 5.82 Å². The van der Waals surface area contributed by atoms with Crippen LogP contribution in [0.5, 0.6) is 0 Å². The monoisotopic (exact) mass is 432 g/mol. The third kappa shape index (κ3) is 4.71. The lowest BCUT2D eigenvalue weighted by molar-refractivity contribution is -0.117. The predicted octanol–water partition coefficient (Wildman–Crippen LogP) is 3.11. The van der Waals surface area contributed by atoms with E-state index in [4.69, 9.17) is 4.52 Å². The topological polar surface area (TPSA) is 114 Å². The number of aromatic nitrogens is 2. The molecule has 2 aromatic carbocycles. The molecule has 2 N–H and O–H groups in total. The maximum absolute atomic E-state index is 13.7. The van der Waals surface area contributed by atoms with Crippen molar-refractivity contribution in [1.29, 1.82) is 0 Å². The van der Waals surface area contributed by atoms with Gasteiger partial charge in [0.25, 0.3) is 0 Å². The summed E-state index contributed by atoms with van der Waals surface area (Å²) in [4.78, 5) is 16.5. The molecule has 0 aliphatic carbocycles. The Labute approximate surface area is 173 Å². The molecule has 3 aromatic rings. The number of anilines is 1. The molecule has 1 amide bonds. The van der Waals surface area contributed by atoms with Crippen LogP contribution in [0, 0.1) is 26.6 Å². The molecule has 158 valence electrons. The Balaban J connectivity index is 1.79. The Kier molecular flexibility index (Phi) is 5.99. The molecule has 0 aliphatic heterocycles. The fourth-order valence-electron chi connectivity index (χ4n) is 2.72. The number of carbonyl (C=O) groups excluding carboxylic acids is 1. The van der Waals surface area contributed by atoms with Crippen LogP contribution >= 0.6 is 0 Å². The molecular weight excluding hydrogens is 411 g/mol. The summed E-state index contributed by atoms with van der Waals surface area (Å²) in [5, 5.41) is 6.29. The van der Waals surface area contributed by atoms with Crippen molar-refractivity contribution in [3.63, 3.8) is 0 Å².